The number of carbonyl (C=O) groups excluding carboxylic acids is 1. The van der Waals surface area contributed by atoms with Crippen LogP contribution in [0.5, 0.6) is 0 Å². The average Bonchev–Trinajstić information content (AvgIpc) is 3.27. The van der Waals surface area contributed by atoms with Crippen LogP contribution < -0.4 is 5.43 Å². The van der Waals surface area contributed by atoms with E-state index in [9.17, 15) is 9.59 Å². The van der Waals surface area contributed by atoms with Crippen molar-refractivity contribution in [3.05, 3.63) is 100.0 Å². The highest BCUT2D eigenvalue weighted by atomic mass is 16.2. The number of H-pyrrole nitrogens is 1. The summed E-state index contributed by atoms with van der Waals surface area (Å²) >= 11 is 0. The number of hydrogen-bond acceptors (Lipinski definition) is 4. The van der Waals surface area contributed by atoms with Crippen molar-refractivity contribution >= 4 is 27.7 Å². The number of pyridine rings is 1. The molecule has 3 aromatic carbocycles. The number of nitrogens with one attached hydrogen (secondary N) is 1. The maximum atomic E-state index is 13.3. The molecule has 0 unspecified atom stereocenters. The molecule has 3 heterocycles. The molecule has 1 N–H and O–H groups in total. The Bertz CT molecular complexity index is 1550. The summed E-state index contributed by atoms with van der Waals surface area (Å²) < 4.78 is 1.85. The zero-order valence-electron chi connectivity index (χ0n) is 17.2. The molecule has 0 fully saturated rings. The summed E-state index contributed by atoms with van der Waals surface area (Å²) in [6, 6.07) is 22.5. The van der Waals surface area contributed by atoms with Gasteiger partial charge in [0.2, 0.25) is 0 Å². The number of benzene rings is 3. The van der Waals surface area contributed by atoms with Crippen molar-refractivity contribution in [1.29, 1.82) is 0 Å². The van der Waals surface area contributed by atoms with Crippen LogP contribution in [-0.4, -0.2) is 37.3 Å². The number of fused-ring (bicyclic) bond motifs is 3. The lowest BCUT2D eigenvalue weighted by Crippen LogP contribution is -2.36. The first-order chi connectivity index (χ1) is 15.7. The Balaban J connectivity index is 1.33. The van der Waals surface area contributed by atoms with Gasteiger partial charge >= 0.3 is 0 Å². The Morgan fingerprint density at radius 1 is 0.906 bits per heavy atom. The highest BCUT2D eigenvalue weighted by Crippen LogP contribution is 2.23. The SMILES string of the molecule is O=C(c1ccc2[nH]c3ccccc3c(=O)c2c1)N1CCc2c(nnn2-c2ccccc2)C1. The minimum atomic E-state index is -0.112. The van der Waals surface area contributed by atoms with Crippen molar-refractivity contribution in [3.8, 4) is 5.69 Å². The second-order valence-electron chi connectivity index (χ2n) is 7.97. The lowest BCUT2D eigenvalue weighted by atomic mass is 10.1. The Morgan fingerprint density at radius 3 is 2.56 bits per heavy atom. The van der Waals surface area contributed by atoms with Crippen LogP contribution in [0.4, 0.5) is 0 Å². The van der Waals surface area contributed by atoms with E-state index in [4.69, 9.17) is 0 Å². The quantitative estimate of drug-likeness (QED) is 0.443. The van der Waals surface area contributed by atoms with Gasteiger partial charge in [0.05, 0.1) is 17.9 Å². The molecule has 156 valence electrons. The van der Waals surface area contributed by atoms with Gasteiger partial charge in [0.15, 0.2) is 5.43 Å². The lowest BCUT2D eigenvalue weighted by molar-refractivity contribution is 0.0731. The standard InChI is InChI=1S/C25H19N5O2/c31-24-18-8-4-5-9-20(18)26-21-11-10-16(14-19(21)24)25(32)29-13-12-23-22(15-29)27-28-30(23)17-6-2-1-3-7-17/h1-11,14H,12-13,15H2,(H,26,31). The van der Waals surface area contributed by atoms with Crippen molar-refractivity contribution in [2.75, 3.05) is 6.54 Å². The van der Waals surface area contributed by atoms with E-state index < -0.39 is 0 Å². The number of hydrogen-bond donors (Lipinski definition) is 1. The summed E-state index contributed by atoms with van der Waals surface area (Å²) in [5, 5.41) is 9.75. The highest BCUT2D eigenvalue weighted by Gasteiger charge is 2.26. The largest absolute Gasteiger partial charge is 0.354 e. The fourth-order valence-electron chi connectivity index (χ4n) is 4.39. The Labute approximate surface area is 182 Å². The molecule has 0 atom stereocenters. The van der Waals surface area contributed by atoms with Crippen LogP contribution in [0.3, 0.4) is 0 Å². The van der Waals surface area contributed by atoms with Crippen molar-refractivity contribution < 1.29 is 4.79 Å². The minimum Gasteiger partial charge on any atom is -0.354 e. The van der Waals surface area contributed by atoms with Crippen LogP contribution in [0, 0.1) is 0 Å². The van der Waals surface area contributed by atoms with Crippen LogP contribution in [0.15, 0.2) is 77.6 Å². The molecule has 0 saturated heterocycles. The van der Waals surface area contributed by atoms with E-state index in [1.165, 1.54) is 0 Å². The molecule has 2 aromatic heterocycles. The molecule has 5 aromatic rings. The first-order valence-electron chi connectivity index (χ1n) is 10.5. The van der Waals surface area contributed by atoms with Crippen LogP contribution >= 0.6 is 0 Å². The fourth-order valence-corrected chi connectivity index (χ4v) is 4.39. The van der Waals surface area contributed by atoms with Gasteiger partial charge in [-0.05, 0) is 42.5 Å². The lowest BCUT2D eigenvalue weighted by Gasteiger charge is -2.26. The molecule has 1 aliphatic rings. The van der Waals surface area contributed by atoms with Crippen LogP contribution in [0.2, 0.25) is 0 Å². The van der Waals surface area contributed by atoms with Gasteiger partial charge in [-0.15, -0.1) is 5.10 Å². The van der Waals surface area contributed by atoms with E-state index in [-0.39, 0.29) is 11.3 Å². The number of aromatic nitrogens is 4. The number of aromatic amines is 1. The van der Waals surface area contributed by atoms with E-state index in [1.807, 2.05) is 53.2 Å². The van der Waals surface area contributed by atoms with Crippen LogP contribution in [0.25, 0.3) is 27.5 Å². The van der Waals surface area contributed by atoms with Gasteiger partial charge in [-0.2, -0.15) is 0 Å². The van der Waals surface area contributed by atoms with Gasteiger partial charge in [-0.3, -0.25) is 9.59 Å². The van der Waals surface area contributed by atoms with E-state index in [0.717, 1.165) is 28.1 Å². The molecule has 7 nitrogen and oxygen atoms in total. The number of carbonyl (C=O) groups is 1. The second kappa shape index (κ2) is 7.16. The minimum absolute atomic E-state index is 0.0734. The molecular formula is C25H19N5O2. The van der Waals surface area contributed by atoms with Gasteiger partial charge in [0.25, 0.3) is 5.91 Å². The normalized spacial score (nSPS) is 13.4. The van der Waals surface area contributed by atoms with E-state index >= 15 is 0 Å². The fraction of sp³-hybridized carbons (Fsp3) is 0.120. The van der Waals surface area contributed by atoms with Crippen molar-refractivity contribution in [1.82, 2.24) is 24.9 Å². The molecule has 0 saturated carbocycles. The Hall–Kier alpha value is -4.26. The predicted molar refractivity (Wildman–Crippen MR) is 122 cm³/mol. The van der Waals surface area contributed by atoms with Gasteiger partial charge < -0.3 is 9.88 Å². The zero-order chi connectivity index (χ0) is 21.7. The monoisotopic (exact) mass is 421 g/mol. The Morgan fingerprint density at radius 2 is 1.69 bits per heavy atom. The maximum Gasteiger partial charge on any atom is 0.254 e. The number of rotatable bonds is 2. The molecular weight excluding hydrogens is 402 g/mol. The van der Waals surface area contributed by atoms with Gasteiger partial charge in [-0.1, -0.05) is 35.5 Å². The molecule has 1 aliphatic heterocycles. The van der Waals surface area contributed by atoms with E-state index in [1.54, 1.807) is 29.2 Å². The van der Waals surface area contributed by atoms with Crippen molar-refractivity contribution in [2.24, 2.45) is 0 Å². The van der Waals surface area contributed by atoms with Gasteiger partial charge in [-0.25, -0.2) is 4.68 Å². The first kappa shape index (κ1) is 18.5. The van der Waals surface area contributed by atoms with Crippen molar-refractivity contribution in [2.45, 2.75) is 13.0 Å². The van der Waals surface area contributed by atoms with Crippen LogP contribution in [-0.2, 0) is 13.0 Å². The second-order valence-corrected chi connectivity index (χ2v) is 7.97. The summed E-state index contributed by atoms with van der Waals surface area (Å²) in [5.74, 6) is -0.112. The number of nitrogens with zero attached hydrogens (tertiary/aromatic N) is 4. The first-order valence-corrected chi connectivity index (χ1v) is 10.5. The van der Waals surface area contributed by atoms with Gasteiger partial charge in [0.1, 0.15) is 5.69 Å². The number of amides is 1. The molecule has 0 bridgehead atoms. The third-order valence-electron chi connectivity index (χ3n) is 6.04. The summed E-state index contributed by atoms with van der Waals surface area (Å²) in [6.45, 7) is 0.964. The van der Waals surface area contributed by atoms with Crippen molar-refractivity contribution in [3.63, 3.8) is 0 Å². The predicted octanol–water partition coefficient (Wildman–Crippen LogP) is 3.46. The summed E-state index contributed by atoms with van der Waals surface area (Å²) in [7, 11) is 0. The average molecular weight is 421 g/mol. The Kier molecular flexibility index (Phi) is 4.14. The third-order valence-corrected chi connectivity index (χ3v) is 6.04. The molecule has 6 rings (SSSR count). The molecule has 0 aliphatic carbocycles. The topological polar surface area (TPSA) is 83.9 Å². The third kappa shape index (κ3) is 2.90. The summed E-state index contributed by atoms with van der Waals surface area (Å²) in [4.78, 5) is 31.3. The molecule has 0 radical (unpaired) electrons. The van der Waals surface area contributed by atoms with Crippen LogP contribution in [0.1, 0.15) is 21.7 Å². The highest BCUT2D eigenvalue weighted by molar-refractivity contribution is 6.00. The molecule has 1 amide bonds. The maximum absolute atomic E-state index is 13.3. The zero-order valence-corrected chi connectivity index (χ0v) is 17.2. The number of para-hydroxylation sites is 2. The summed E-state index contributed by atoms with van der Waals surface area (Å²) in [5.41, 5.74) is 4.72. The molecule has 0 spiro atoms. The van der Waals surface area contributed by atoms with Gasteiger partial charge in [0, 0.05) is 40.3 Å². The van der Waals surface area contributed by atoms with E-state index in [0.29, 0.717) is 35.8 Å². The van der Waals surface area contributed by atoms with E-state index in [2.05, 4.69) is 15.3 Å². The molecule has 7 heteroatoms. The molecule has 32 heavy (non-hydrogen) atoms. The smallest absolute Gasteiger partial charge is 0.254 e. The summed E-state index contributed by atoms with van der Waals surface area (Å²) in [6.07, 6.45) is 0.668.